The summed E-state index contributed by atoms with van der Waals surface area (Å²) < 4.78 is 15.9. The number of rotatable bonds is 7. The number of carbonyl (C=O) groups is 1. The number of hydrogen-bond donors (Lipinski definition) is 1. The Bertz CT molecular complexity index is 904. The third-order valence-electron chi connectivity index (χ3n) is 4.26. The monoisotopic (exact) mass is 354 g/mol. The average Bonchev–Trinajstić information content (AvgIpc) is 2.97. The van der Waals surface area contributed by atoms with Crippen LogP contribution >= 0.6 is 0 Å². The predicted molar refractivity (Wildman–Crippen MR) is 101 cm³/mol. The molecule has 1 heterocycles. The standard InChI is InChI=1S/C20H23FN4O/c1-24(2)13-14-25-18-10-6-5-9-17(18)23-19(25)11-12-22-20(26)15-7-3-4-8-16(15)21/h3-10H,11-14H2,1-2H3,(H,22,26). The van der Waals surface area contributed by atoms with E-state index in [2.05, 4.69) is 20.9 Å². The van der Waals surface area contributed by atoms with Crippen LogP contribution in [0.4, 0.5) is 4.39 Å². The molecule has 0 aliphatic rings. The first-order valence-corrected chi connectivity index (χ1v) is 8.68. The van der Waals surface area contributed by atoms with Gasteiger partial charge < -0.3 is 14.8 Å². The molecule has 3 aromatic rings. The number of fused-ring (bicyclic) bond motifs is 1. The van der Waals surface area contributed by atoms with Crippen LogP contribution in [0.2, 0.25) is 0 Å². The van der Waals surface area contributed by atoms with E-state index in [1.807, 2.05) is 32.3 Å². The molecule has 6 heteroatoms. The lowest BCUT2D eigenvalue weighted by Crippen LogP contribution is -2.27. The Morgan fingerprint density at radius 2 is 1.88 bits per heavy atom. The van der Waals surface area contributed by atoms with Crippen molar-refractivity contribution in [1.82, 2.24) is 19.8 Å². The molecule has 0 unspecified atom stereocenters. The van der Waals surface area contributed by atoms with Crippen molar-refractivity contribution in [3.63, 3.8) is 0 Å². The Morgan fingerprint density at radius 1 is 1.15 bits per heavy atom. The molecule has 0 spiro atoms. The summed E-state index contributed by atoms with van der Waals surface area (Å²) in [5.41, 5.74) is 2.10. The van der Waals surface area contributed by atoms with Crippen molar-refractivity contribution in [3.05, 3.63) is 65.7 Å². The maximum atomic E-state index is 13.7. The molecule has 0 fully saturated rings. The molecule has 136 valence electrons. The molecule has 0 saturated heterocycles. The predicted octanol–water partition coefficient (Wildman–Crippen LogP) is 2.71. The number of aromatic nitrogens is 2. The van der Waals surface area contributed by atoms with Crippen LogP contribution in [0.3, 0.4) is 0 Å². The first kappa shape index (κ1) is 18.1. The lowest BCUT2D eigenvalue weighted by atomic mass is 10.2. The summed E-state index contributed by atoms with van der Waals surface area (Å²) in [6, 6.07) is 14.0. The van der Waals surface area contributed by atoms with Crippen LogP contribution in [-0.4, -0.2) is 47.5 Å². The SMILES string of the molecule is CN(C)CCn1c(CCNC(=O)c2ccccc2F)nc2ccccc21. The number of para-hydroxylation sites is 2. The zero-order chi connectivity index (χ0) is 18.5. The number of imidazole rings is 1. The van der Waals surface area contributed by atoms with E-state index in [9.17, 15) is 9.18 Å². The number of hydrogen-bond acceptors (Lipinski definition) is 3. The Labute approximate surface area is 152 Å². The fraction of sp³-hybridized carbons (Fsp3) is 0.300. The molecule has 1 amide bonds. The van der Waals surface area contributed by atoms with Crippen molar-refractivity contribution in [2.45, 2.75) is 13.0 Å². The van der Waals surface area contributed by atoms with E-state index in [1.54, 1.807) is 12.1 Å². The maximum Gasteiger partial charge on any atom is 0.254 e. The van der Waals surface area contributed by atoms with Gasteiger partial charge in [0.1, 0.15) is 11.6 Å². The van der Waals surface area contributed by atoms with Crippen molar-refractivity contribution in [3.8, 4) is 0 Å². The van der Waals surface area contributed by atoms with Crippen molar-refractivity contribution in [1.29, 1.82) is 0 Å². The topological polar surface area (TPSA) is 50.2 Å². The van der Waals surface area contributed by atoms with Crippen LogP contribution in [0, 0.1) is 5.82 Å². The van der Waals surface area contributed by atoms with E-state index in [0.717, 1.165) is 29.9 Å². The van der Waals surface area contributed by atoms with E-state index < -0.39 is 11.7 Å². The van der Waals surface area contributed by atoms with Gasteiger partial charge in [0, 0.05) is 26.1 Å². The second kappa shape index (κ2) is 8.10. The first-order chi connectivity index (χ1) is 12.6. The van der Waals surface area contributed by atoms with Gasteiger partial charge in [-0.25, -0.2) is 9.37 Å². The molecule has 26 heavy (non-hydrogen) atoms. The highest BCUT2D eigenvalue weighted by molar-refractivity contribution is 5.94. The summed E-state index contributed by atoms with van der Waals surface area (Å²) in [4.78, 5) is 19.0. The van der Waals surface area contributed by atoms with Gasteiger partial charge in [0.25, 0.3) is 5.91 Å². The highest BCUT2D eigenvalue weighted by Crippen LogP contribution is 2.16. The Hall–Kier alpha value is -2.73. The Balaban J connectivity index is 1.71. The van der Waals surface area contributed by atoms with E-state index in [0.29, 0.717) is 13.0 Å². The highest BCUT2D eigenvalue weighted by Gasteiger charge is 2.13. The zero-order valence-corrected chi connectivity index (χ0v) is 15.1. The lowest BCUT2D eigenvalue weighted by molar-refractivity contribution is 0.0950. The Morgan fingerprint density at radius 3 is 2.65 bits per heavy atom. The van der Waals surface area contributed by atoms with E-state index in [1.165, 1.54) is 12.1 Å². The second-order valence-corrected chi connectivity index (χ2v) is 6.46. The molecule has 0 radical (unpaired) electrons. The number of halogens is 1. The van der Waals surface area contributed by atoms with Gasteiger partial charge in [0.2, 0.25) is 0 Å². The molecular weight excluding hydrogens is 331 g/mol. The molecule has 3 rings (SSSR count). The maximum absolute atomic E-state index is 13.7. The summed E-state index contributed by atoms with van der Waals surface area (Å²) in [7, 11) is 4.07. The summed E-state index contributed by atoms with van der Waals surface area (Å²) >= 11 is 0. The molecule has 0 saturated carbocycles. The van der Waals surface area contributed by atoms with Gasteiger partial charge in [-0.05, 0) is 38.4 Å². The molecule has 1 N–H and O–H groups in total. The summed E-state index contributed by atoms with van der Waals surface area (Å²) in [5, 5.41) is 2.78. The molecule has 0 atom stereocenters. The first-order valence-electron chi connectivity index (χ1n) is 8.68. The lowest BCUT2D eigenvalue weighted by Gasteiger charge is -2.13. The van der Waals surface area contributed by atoms with Crippen molar-refractivity contribution >= 4 is 16.9 Å². The molecule has 0 aliphatic heterocycles. The van der Waals surface area contributed by atoms with Crippen LogP contribution < -0.4 is 5.32 Å². The normalized spacial score (nSPS) is 11.2. The molecule has 1 aromatic heterocycles. The summed E-state index contributed by atoms with van der Waals surface area (Å²) in [6.45, 7) is 2.12. The number of amides is 1. The van der Waals surface area contributed by atoms with Gasteiger partial charge in [0.05, 0.1) is 16.6 Å². The minimum atomic E-state index is -0.511. The smallest absolute Gasteiger partial charge is 0.254 e. The summed E-state index contributed by atoms with van der Waals surface area (Å²) in [5.74, 6) is 0.00385. The minimum absolute atomic E-state index is 0.0635. The largest absolute Gasteiger partial charge is 0.351 e. The van der Waals surface area contributed by atoms with Crippen molar-refractivity contribution in [2.75, 3.05) is 27.2 Å². The van der Waals surface area contributed by atoms with Crippen LogP contribution in [0.1, 0.15) is 16.2 Å². The van der Waals surface area contributed by atoms with E-state index in [4.69, 9.17) is 4.98 Å². The van der Waals surface area contributed by atoms with Crippen LogP contribution in [0.25, 0.3) is 11.0 Å². The molecular formula is C20H23FN4O. The fourth-order valence-electron chi connectivity index (χ4n) is 2.89. The quantitative estimate of drug-likeness (QED) is 0.710. The number of benzene rings is 2. The van der Waals surface area contributed by atoms with E-state index in [-0.39, 0.29) is 5.56 Å². The fourth-order valence-corrected chi connectivity index (χ4v) is 2.89. The van der Waals surface area contributed by atoms with Gasteiger partial charge in [-0.1, -0.05) is 24.3 Å². The third-order valence-corrected chi connectivity index (χ3v) is 4.26. The van der Waals surface area contributed by atoms with Crippen molar-refractivity contribution in [2.24, 2.45) is 0 Å². The van der Waals surface area contributed by atoms with Gasteiger partial charge in [-0.3, -0.25) is 4.79 Å². The molecule has 2 aromatic carbocycles. The number of carbonyl (C=O) groups excluding carboxylic acids is 1. The third kappa shape index (κ3) is 4.08. The van der Waals surface area contributed by atoms with Gasteiger partial charge in [0.15, 0.2) is 0 Å². The Kier molecular flexibility index (Phi) is 5.63. The van der Waals surface area contributed by atoms with Crippen molar-refractivity contribution < 1.29 is 9.18 Å². The average molecular weight is 354 g/mol. The van der Waals surface area contributed by atoms with Crippen LogP contribution in [0.15, 0.2) is 48.5 Å². The highest BCUT2D eigenvalue weighted by atomic mass is 19.1. The second-order valence-electron chi connectivity index (χ2n) is 6.46. The van der Waals surface area contributed by atoms with Gasteiger partial charge >= 0.3 is 0 Å². The summed E-state index contributed by atoms with van der Waals surface area (Å²) in [6.07, 6.45) is 0.586. The minimum Gasteiger partial charge on any atom is -0.351 e. The molecule has 0 aliphatic carbocycles. The van der Waals surface area contributed by atoms with Crippen LogP contribution in [0.5, 0.6) is 0 Å². The van der Waals surface area contributed by atoms with Crippen LogP contribution in [-0.2, 0) is 13.0 Å². The number of nitrogens with zero attached hydrogens (tertiary/aromatic N) is 3. The molecule has 0 bridgehead atoms. The zero-order valence-electron chi connectivity index (χ0n) is 15.1. The van der Waals surface area contributed by atoms with Gasteiger partial charge in [-0.15, -0.1) is 0 Å². The van der Waals surface area contributed by atoms with Gasteiger partial charge in [-0.2, -0.15) is 0 Å². The van der Waals surface area contributed by atoms with E-state index >= 15 is 0 Å². The molecule has 5 nitrogen and oxygen atoms in total. The number of nitrogens with one attached hydrogen (secondary N) is 1. The number of likely N-dealkylation sites (N-methyl/N-ethyl adjacent to an activating group) is 1.